The second kappa shape index (κ2) is 10.0. The molecule has 0 spiro atoms. The first-order valence-corrected chi connectivity index (χ1v) is 10.9. The summed E-state index contributed by atoms with van der Waals surface area (Å²) in [5.41, 5.74) is 3.25. The number of fused-ring (bicyclic) bond motifs is 3. The molecule has 0 aliphatic rings. The van der Waals surface area contributed by atoms with E-state index in [1.807, 2.05) is 47.6 Å². The summed E-state index contributed by atoms with van der Waals surface area (Å²) in [4.78, 5) is 12.6. The Hall–Kier alpha value is -3.38. The molecular weight excluding hydrogens is 478 g/mol. The number of nitrogens with zero attached hydrogens (tertiary/aromatic N) is 3. The molecule has 0 saturated carbocycles. The predicted molar refractivity (Wildman–Crippen MR) is 126 cm³/mol. The zero-order valence-corrected chi connectivity index (χ0v) is 20.1. The van der Waals surface area contributed by atoms with Gasteiger partial charge in [-0.2, -0.15) is 0 Å². The van der Waals surface area contributed by atoms with Gasteiger partial charge in [0.1, 0.15) is 18.1 Å². The minimum absolute atomic E-state index is 0. The van der Waals surface area contributed by atoms with Gasteiger partial charge in [0.2, 0.25) is 12.1 Å². The van der Waals surface area contributed by atoms with Crippen LogP contribution in [0.1, 0.15) is 16.8 Å². The number of imidazole rings is 1. The second-order valence-electron chi connectivity index (χ2n) is 8.01. The van der Waals surface area contributed by atoms with Crippen LogP contribution in [0.4, 0.5) is 0 Å². The van der Waals surface area contributed by atoms with Crippen LogP contribution in [0.2, 0.25) is 0 Å². The highest BCUT2D eigenvalue weighted by Crippen LogP contribution is 2.28. The van der Waals surface area contributed by atoms with Crippen molar-refractivity contribution in [2.75, 3.05) is 7.11 Å². The number of para-hydroxylation sites is 2. The molecule has 0 saturated heterocycles. The molecule has 6 heteroatoms. The van der Waals surface area contributed by atoms with E-state index in [1.54, 1.807) is 7.11 Å². The molecule has 0 fully saturated rings. The average molecular weight is 504 g/mol. The van der Waals surface area contributed by atoms with Gasteiger partial charge in [0.05, 0.1) is 13.7 Å². The van der Waals surface area contributed by atoms with Crippen LogP contribution in [0, 0.1) is 0 Å². The molecule has 0 radical (unpaired) electrons. The van der Waals surface area contributed by atoms with Crippen LogP contribution in [-0.2, 0) is 19.6 Å². The molecule has 5 nitrogen and oxygen atoms in total. The average Bonchev–Trinajstić information content (AvgIpc) is 3.42. The van der Waals surface area contributed by atoms with Crippen LogP contribution in [0.5, 0.6) is 5.75 Å². The summed E-state index contributed by atoms with van der Waals surface area (Å²) >= 11 is 0. The SMILES string of the molecule is COc1ccc(C(=O)C[n+]2ccn(CCCn3c4ccccc4c4ccccc43)c2)cc1.[Br-]. The lowest BCUT2D eigenvalue weighted by Gasteiger charge is -2.06. The third kappa shape index (κ3) is 4.71. The highest BCUT2D eigenvalue weighted by Gasteiger charge is 2.13. The zero-order valence-electron chi connectivity index (χ0n) is 18.5. The maximum Gasteiger partial charge on any atom is 0.244 e. The van der Waals surface area contributed by atoms with Crippen LogP contribution < -0.4 is 26.3 Å². The summed E-state index contributed by atoms with van der Waals surface area (Å²) in [6.07, 6.45) is 7.01. The standard InChI is InChI=1S/C27H26N3O2.BrH/c1-32-22-13-11-21(12-14-22)27(31)19-29-18-17-28(20-29)15-6-16-30-25-9-4-2-7-23(25)24-8-3-5-10-26(24)30;/h2-5,7-14,17-18,20H,6,15-16,19H2,1H3;1H/q+1;/p-1. The fraction of sp³-hybridized carbons (Fsp3) is 0.185. The third-order valence-electron chi connectivity index (χ3n) is 5.96. The fourth-order valence-electron chi connectivity index (χ4n) is 4.35. The van der Waals surface area contributed by atoms with Crippen molar-refractivity contribution in [3.63, 3.8) is 0 Å². The van der Waals surface area contributed by atoms with Crippen molar-refractivity contribution in [1.82, 2.24) is 9.13 Å². The minimum atomic E-state index is 0. The highest BCUT2D eigenvalue weighted by molar-refractivity contribution is 6.07. The van der Waals surface area contributed by atoms with Crippen LogP contribution in [0.15, 0.2) is 91.5 Å². The monoisotopic (exact) mass is 503 g/mol. The van der Waals surface area contributed by atoms with Gasteiger partial charge < -0.3 is 26.3 Å². The Morgan fingerprint density at radius 2 is 1.52 bits per heavy atom. The van der Waals surface area contributed by atoms with Crippen molar-refractivity contribution in [2.24, 2.45) is 0 Å². The highest BCUT2D eigenvalue weighted by atomic mass is 79.9. The lowest BCUT2D eigenvalue weighted by Crippen LogP contribution is -3.00. The molecule has 168 valence electrons. The molecule has 5 rings (SSSR count). The largest absolute Gasteiger partial charge is 1.00 e. The van der Waals surface area contributed by atoms with Gasteiger partial charge in [0.25, 0.3) is 0 Å². The van der Waals surface area contributed by atoms with E-state index in [1.165, 1.54) is 21.8 Å². The van der Waals surface area contributed by atoms with Gasteiger partial charge in [-0.05, 0) is 36.4 Å². The lowest BCUT2D eigenvalue weighted by molar-refractivity contribution is -0.682. The number of carbonyl (C=O) groups excluding carboxylic acids is 1. The second-order valence-corrected chi connectivity index (χ2v) is 8.01. The van der Waals surface area contributed by atoms with Gasteiger partial charge in [-0.15, -0.1) is 0 Å². The first-order valence-electron chi connectivity index (χ1n) is 10.9. The van der Waals surface area contributed by atoms with Gasteiger partial charge in [0.15, 0.2) is 6.54 Å². The third-order valence-corrected chi connectivity index (χ3v) is 5.96. The normalized spacial score (nSPS) is 10.9. The molecule has 0 aliphatic heterocycles. The topological polar surface area (TPSA) is 40.0 Å². The molecule has 0 amide bonds. The molecular formula is C27H26BrN3O2. The quantitative estimate of drug-likeness (QED) is 0.239. The maximum atomic E-state index is 12.6. The van der Waals surface area contributed by atoms with Crippen molar-refractivity contribution in [3.8, 4) is 5.75 Å². The zero-order chi connectivity index (χ0) is 21.9. The Bertz CT molecular complexity index is 1330. The molecule has 33 heavy (non-hydrogen) atoms. The van der Waals surface area contributed by atoms with E-state index in [4.69, 9.17) is 4.74 Å². The molecule has 2 aromatic heterocycles. The molecule has 0 N–H and O–H groups in total. The summed E-state index contributed by atoms with van der Waals surface area (Å²) in [6.45, 7) is 2.16. The van der Waals surface area contributed by atoms with E-state index < -0.39 is 0 Å². The van der Waals surface area contributed by atoms with E-state index in [9.17, 15) is 4.79 Å². The number of benzene rings is 3. The van der Waals surface area contributed by atoms with Crippen LogP contribution >= 0.6 is 0 Å². The Kier molecular flexibility index (Phi) is 6.94. The van der Waals surface area contributed by atoms with Crippen molar-refractivity contribution in [2.45, 2.75) is 26.1 Å². The van der Waals surface area contributed by atoms with E-state index in [2.05, 4.69) is 57.7 Å². The molecule has 0 aliphatic carbocycles. The Morgan fingerprint density at radius 3 is 2.15 bits per heavy atom. The molecule has 0 atom stereocenters. The van der Waals surface area contributed by atoms with E-state index in [0.29, 0.717) is 12.1 Å². The van der Waals surface area contributed by atoms with Crippen molar-refractivity contribution in [1.29, 1.82) is 0 Å². The lowest BCUT2D eigenvalue weighted by atomic mass is 10.1. The van der Waals surface area contributed by atoms with Gasteiger partial charge in [-0.1, -0.05) is 36.4 Å². The van der Waals surface area contributed by atoms with Crippen LogP contribution in [0.3, 0.4) is 0 Å². The molecule has 5 aromatic rings. The smallest absolute Gasteiger partial charge is 0.244 e. The number of Topliss-reactive ketones (excluding diaryl/α,β-unsaturated/α-hetero) is 1. The van der Waals surface area contributed by atoms with Gasteiger partial charge >= 0.3 is 0 Å². The van der Waals surface area contributed by atoms with Gasteiger partial charge in [-0.3, -0.25) is 4.79 Å². The number of ether oxygens (including phenoxy) is 1. The Morgan fingerprint density at radius 1 is 0.879 bits per heavy atom. The maximum absolute atomic E-state index is 12.6. The van der Waals surface area contributed by atoms with Crippen molar-refractivity contribution < 1.29 is 31.1 Å². The van der Waals surface area contributed by atoms with Crippen molar-refractivity contribution >= 4 is 27.6 Å². The molecule has 3 aromatic carbocycles. The molecule has 0 bridgehead atoms. The van der Waals surface area contributed by atoms with E-state index >= 15 is 0 Å². The number of hydrogen-bond donors (Lipinski definition) is 0. The van der Waals surface area contributed by atoms with Crippen LogP contribution in [0.25, 0.3) is 21.8 Å². The number of aromatic nitrogens is 3. The fourth-order valence-corrected chi connectivity index (χ4v) is 4.35. The summed E-state index contributed by atoms with van der Waals surface area (Å²) in [5.74, 6) is 0.837. The van der Waals surface area contributed by atoms with Crippen molar-refractivity contribution in [3.05, 3.63) is 97.1 Å². The number of carbonyl (C=O) groups is 1. The van der Waals surface area contributed by atoms with Gasteiger partial charge in [-0.25, -0.2) is 9.13 Å². The number of hydrogen-bond acceptors (Lipinski definition) is 2. The molecule has 0 unspecified atom stereocenters. The number of rotatable bonds is 8. The first kappa shape index (κ1) is 22.8. The summed E-state index contributed by atoms with van der Waals surface area (Å²) in [7, 11) is 1.62. The van der Waals surface area contributed by atoms with E-state index in [0.717, 1.165) is 25.3 Å². The summed E-state index contributed by atoms with van der Waals surface area (Å²) < 4.78 is 11.7. The number of halogens is 1. The Balaban J connectivity index is 0.00000259. The van der Waals surface area contributed by atoms with Crippen LogP contribution in [-0.4, -0.2) is 22.0 Å². The summed E-state index contributed by atoms with van der Waals surface area (Å²) in [6, 6.07) is 24.5. The predicted octanol–water partition coefficient (Wildman–Crippen LogP) is 1.87. The minimum Gasteiger partial charge on any atom is -1.00 e. The number of methoxy groups -OCH3 is 1. The van der Waals surface area contributed by atoms with E-state index in [-0.39, 0.29) is 22.8 Å². The molecule has 2 heterocycles. The summed E-state index contributed by atoms with van der Waals surface area (Å²) in [5, 5.41) is 2.61. The number of aryl methyl sites for hydroxylation is 2. The Labute approximate surface area is 203 Å². The number of ketones is 1. The first-order chi connectivity index (χ1) is 15.7. The van der Waals surface area contributed by atoms with Gasteiger partial charge in [0, 0.05) is 40.3 Å².